The van der Waals surface area contributed by atoms with Crippen LogP contribution in [0.5, 0.6) is 5.75 Å². The molecule has 1 aromatic rings. The number of anilines is 1. The van der Waals surface area contributed by atoms with E-state index in [-0.39, 0.29) is 36.4 Å². The molecule has 4 N–H and O–H groups in total. The summed E-state index contributed by atoms with van der Waals surface area (Å²) in [5.41, 5.74) is 4.63. The molecule has 0 aliphatic rings. The summed E-state index contributed by atoms with van der Waals surface area (Å²) in [6.07, 6.45) is -3.90. The molecular formula is C17H25ClF3N3O3. The third kappa shape index (κ3) is 8.04. The first kappa shape index (κ1) is 25.0. The lowest BCUT2D eigenvalue weighted by Crippen LogP contribution is -2.46. The summed E-state index contributed by atoms with van der Waals surface area (Å²) in [4.78, 5) is 23.7. The topological polar surface area (TPSA) is 93.5 Å². The molecule has 0 saturated heterocycles. The molecule has 0 radical (unpaired) electrons. The van der Waals surface area contributed by atoms with Gasteiger partial charge in [-0.05, 0) is 30.5 Å². The molecule has 0 heterocycles. The number of carbonyl (C=O) groups excluding carboxylic acids is 2. The largest absolute Gasteiger partial charge is 0.491 e. The minimum absolute atomic E-state index is 0. The van der Waals surface area contributed by atoms with Gasteiger partial charge in [0.15, 0.2) is 0 Å². The third-order valence-corrected chi connectivity index (χ3v) is 3.49. The van der Waals surface area contributed by atoms with Crippen LogP contribution in [0.1, 0.15) is 32.8 Å². The van der Waals surface area contributed by atoms with Crippen LogP contribution in [0.3, 0.4) is 0 Å². The molecule has 10 heteroatoms. The highest BCUT2D eigenvalue weighted by Gasteiger charge is 2.31. The van der Waals surface area contributed by atoms with Gasteiger partial charge in [-0.1, -0.05) is 20.8 Å². The minimum atomic E-state index is -4.55. The van der Waals surface area contributed by atoms with E-state index in [0.29, 0.717) is 6.42 Å². The maximum atomic E-state index is 12.9. The van der Waals surface area contributed by atoms with Gasteiger partial charge in [0, 0.05) is 0 Å². The molecule has 1 atom stereocenters. The van der Waals surface area contributed by atoms with Gasteiger partial charge in [-0.15, -0.1) is 12.4 Å². The lowest BCUT2D eigenvalue weighted by molar-refractivity contribution is -0.137. The van der Waals surface area contributed by atoms with Gasteiger partial charge >= 0.3 is 6.18 Å². The number of carbonyl (C=O) groups is 2. The fourth-order valence-corrected chi connectivity index (χ4v) is 1.92. The van der Waals surface area contributed by atoms with E-state index in [2.05, 4.69) is 10.6 Å². The summed E-state index contributed by atoms with van der Waals surface area (Å²) in [7, 11) is 0. The van der Waals surface area contributed by atoms with E-state index < -0.39 is 36.1 Å². The Bertz CT molecular complexity index is 640. The summed E-state index contributed by atoms with van der Waals surface area (Å²) in [6.45, 7) is 5.22. The van der Waals surface area contributed by atoms with E-state index in [1.165, 1.54) is 0 Å². The molecule has 0 spiro atoms. The normalized spacial score (nSPS) is 12.1. The van der Waals surface area contributed by atoms with Crippen molar-refractivity contribution in [2.75, 3.05) is 18.5 Å². The van der Waals surface area contributed by atoms with Gasteiger partial charge in [0.1, 0.15) is 5.75 Å². The van der Waals surface area contributed by atoms with Gasteiger partial charge in [0.25, 0.3) is 0 Å². The smallest absolute Gasteiger partial charge is 0.416 e. The molecule has 2 amide bonds. The van der Waals surface area contributed by atoms with E-state index >= 15 is 0 Å². The molecule has 0 fully saturated rings. The lowest BCUT2D eigenvalue weighted by Gasteiger charge is -2.17. The first-order valence-electron chi connectivity index (χ1n) is 8.23. The van der Waals surface area contributed by atoms with Crippen molar-refractivity contribution in [3.05, 3.63) is 23.8 Å². The SMILES string of the molecule is CCCOc1ccc(C(F)(F)F)cc1NC(=O)CNC(=O)[C@@H](N)C(C)C.Cl. The van der Waals surface area contributed by atoms with Crippen LogP contribution in [0.15, 0.2) is 18.2 Å². The second-order valence-corrected chi connectivity index (χ2v) is 6.09. The number of amides is 2. The van der Waals surface area contributed by atoms with Gasteiger partial charge < -0.3 is 21.1 Å². The van der Waals surface area contributed by atoms with Gasteiger partial charge in [-0.25, -0.2) is 0 Å². The predicted molar refractivity (Wildman–Crippen MR) is 98.9 cm³/mol. The Hall–Kier alpha value is -2.00. The third-order valence-electron chi connectivity index (χ3n) is 3.49. The quantitative estimate of drug-likeness (QED) is 0.613. The van der Waals surface area contributed by atoms with Gasteiger partial charge in [0.05, 0.1) is 30.4 Å². The molecule has 1 rings (SSSR count). The number of hydrogen-bond donors (Lipinski definition) is 3. The lowest BCUT2D eigenvalue weighted by atomic mass is 10.1. The van der Waals surface area contributed by atoms with E-state index in [9.17, 15) is 22.8 Å². The van der Waals surface area contributed by atoms with Gasteiger partial charge in [0.2, 0.25) is 11.8 Å². The number of nitrogens with one attached hydrogen (secondary N) is 2. The second-order valence-electron chi connectivity index (χ2n) is 6.09. The number of benzene rings is 1. The van der Waals surface area contributed by atoms with Crippen LogP contribution >= 0.6 is 12.4 Å². The van der Waals surface area contributed by atoms with Crippen LogP contribution in [0.25, 0.3) is 0 Å². The highest BCUT2D eigenvalue weighted by molar-refractivity contribution is 5.96. The van der Waals surface area contributed by atoms with Crippen molar-refractivity contribution in [3.8, 4) is 5.75 Å². The van der Waals surface area contributed by atoms with Crippen LogP contribution < -0.4 is 21.1 Å². The Balaban J connectivity index is 0.00000676. The van der Waals surface area contributed by atoms with E-state index in [1.54, 1.807) is 13.8 Å². The monoisotopic (exact) mass is 411 g/mol. The molecular weight excluding hydrogens is 387 g/mol. The molecule has 1 aromatic carbocycles. The first-order chi connectivity index (χ1) is 12.1. The number of rotatable bonds is 8. The molecule has 6 nitrogen and oxygen atoms in total. The van der Waals surface area contributed by atoms with Crippen molar-refractivity contribution in [3.63, 3.8) is 0 Å². The molecule has 0 aliphatic carbocycles. The van der Waals surface area contributed by atoms with Gasteiger partial charge in [-0.3, -0.25) is 9.59 Å². The number of hydrogen-bond acceptors (Lipinski definition) is 4. The van der Waals surface area contributed by atoms with Gasteiger partial charge in [-0.2, -0.15) is 13.2 Å². The van der Waals surface area contributed by atoms with E-state index in [1.807, 2.05) is 6.92 Å². The minimum Gasteiger partial charge on any atom is -0.491 e. The number of alkyl halides is 3. The summed E-state index contributed by atoms with van der Waals surface area (Å²) >= 11 is 0. The zero-order chi connectivity index (χ0) is 19.9. The highest BCUT2D eigenvalue weighted by Crippen LogP contribution is 2.35. The maximum Gasteiger partial charge on any atom is 0.416 e. The van der Waals surface area contributed by atoms with Crippen LogP contribution in [-0.2, 0) is 15.8 Å². The van der Waals surface area contributed by atoms with Crippen LogP contribution in [0.2, 0.25) is 0 Å². The highest BCUT2D eigenvalue weighted by atomic mass is 35.5. The fraction of sp³-hybridized carbons (Fsp3) is 0.529. The number of halogens is 4. The predicted octanol–water partition coefficient (Wildman–Crippen LogP) is 2.95. The summed E-state index contributed by atoms with van der Waals surface area (Å²) < 4.78 is 44.0. The summed E-state index contributed by atoms with van der Waals surface area (Å²) in [5.74, 6) is -1.19. The number of ether oxygens (including phenoxy) is 1. The fourth-order valence-electron chi connectivity index (χ4n) is 1.92. The standard InChI is InChI=1S/C17H24F3N3O3.ClH/c1-4-7-26-13-6-5-11(17(18,19)20)8-12(13)23-14(24)9-22-16(25)15(21)10(2)3;/h5-6,8,10,15H,4,7,9,21H2,1-3H3,(H,22,25)(H,23,24);1H/t15-;/m0./s1. The van der Waals surface area contributed by atoms with Crippen molar-refractivity contribution >= 4 is 29.9 Å². The maximum absolute atomic E-state index is 12.9. The van der Waals surface area contributed by atoms with Crippen LogP contribution in [-0.4, -0.2) is 31.0 Å². The Morgan fingerprint density at radius 2 is 1.89 bits per heavy atom. The molecule has 154 valence electrons. The molecule has 0 unspecified atom stereocenters. The van der Waals surface area contributed by atoms with Crippen molar-refractivity contribution in [1.29, 1.82) is 0 Å². The van der Waals surface area contributed by atoms with E-state index in [0.717, 1.165) is 18.2 Å². The summed E-state index contributed by atoms with van der Waals surface area (Å²) in [5, 5.41) is 4.69. The molecule has 0 saturated carbocycles. The van der Waals surface area contributed by atoms with Crippen molar-refractivity contribution in [2.24, 2.45) is 11.7 Å². The molecule has 27 heavy (non-hydrogen) atoms. The number of nitrogens with two attached hydrogens (primary N) is 1. The second kappa shape index (κ2) is 11.0. The zero-order valence-corrected chi connectivity index (χ0v) is 16.2. The molecule has 0 aliphatic heterocycles. The molecule has 0 bridgehead atoms. The Kier molecular flexibility index (Phi) is 10.2. The van der Waals surface area contributed by atoms with Crippen LogP contribution in [0.4, 0.5) is 18.9 Å². The average molecular weight is 412 g/mol. The van der Waals surface area contributed by atoms with Crippen molar-refractivity contribution < 1.29 is 27.5 Å². The van der Waals surface area contributed by atoms with Crippen LogP contribution in [0, 0.1) is 5.92 Å². The first-order valence-corrected chi connectivity index (χ1v) is 8.23. The Labute approximate surface area is 162 Å². The van der Waals surface area contributed by atoms with Crippen molar-refractivity contribution in [2.45, 2.75) is 39.4 Å². The Morgan fingerprint density at radius 3 is 2.41 bits per heavy atom. The molecule has 0 aromatic heterocycles. The van der Waals surface area contributed by atoms with Crippen molar-refractivity contribution in [1.82, 2.24) is 5.32 Å². The Morgan fingerprint density at radius 1 is 1.26 bits per heavy atom. The average Bonchev–Trinajstić information content (AvgIpc) is 2.56. The van der Waals surface area contributed by atoms with E-state index in [4.69, 9.17) is 10.5 Å². The summed E-state index contributed by atoms with van der Waals surface area (Å²) in [6, 6.07) is 2.05. The zero-order valence-electron chi connectivity index (χ0n) is 15.4.